The molecular weight excluding hydrogens is 236 g/mol. The van der Waals surface area contributed by atoms with Crippen molar-refractivity contribution in [1.29, 1.82) is 0 Å². The van der Waals surface area contributed by atoms with E-state index in [1.54, 1.807) is 0 Å². The molecule has 1 atom stereocenters. The van der Waals surface area contributed by atoms with E-state index in [0.717, 1.165) is 18.7 Å². The Morgan fingerprint density at radius 3 is 2.58 bits per heavy atom. The molecule has 2 N–H and O–H groups in total. The minimum atomic E-state index is -0.349. The van der Waals surface area contributed by atoms with Gasteiger partial charge < -0.3 is 5.73 Å². The second-order valence-electron chi connectivity index (χ2n) is 5.48. The molecule has 0 aliphatic carbocycles. The van der Waals surface area contributed by atoms with E-state index in [1.807, 2.05) is 42.3 Å². The molecular formula is C15H22N4. The lowest BCUT2D eigenvalue weighted by Crippen LogP contribution is -2.43. The zero-order valence-corrected chi connectivity index (χ0v) is 11.9. The molecule has 1 aromatic heterocycles. The van der Waals surface area contributed by atoms with Gasteiger partial charge in [0.15, 0.2) is 0 Å². The van der Waals surface area contributed by atoms with Crippen LogP contribution in [0.25, 0.3) is 0 Å². The fourth-order valence-corrected chi connectivity index (χ4v) is 2.39. The first-order valence-corrected chi connectivity index (χ1v) is 6.48. The third kappa shape index (κ3) is 3.66. The second-order valence-corrected chi connectivity index (χ2v) is 5.48. The van der Waals surface area contributed by atoms with Gasteiger partial charge in [0.25, 0.3) is 0 Å². The van der Waals surface area contributed by atoms with Crippen molar-refractivity contribution in [2.75, 3.05) is 13.6 Å². The topological polar surface area (TPSA) is 47.1 Å². The zero-order valence-electron chi connectivity index (χ0n) is 11.9. The highest BCUT2D eigenvalue weighted by Crippen LogP contribution is 2.19. The fraction of sp³-hybridized carbons (Fsp3) is 0.400. The van der Waals surface area contributed by atoms with Gasteiger partial charge in [-0.3, -0.25) is 9.58 Å². The molecule has 4 heteroatoms. The largest absolute Gasteiger partial charge is 0.321 e. The van der Waals surface area contributed by atoms with E-state index < -0.39 is 0 Å². The number of hydrogen-bond donors (Lipinski definition) is 1. The van der Waals surface area contributed by atoms with Gasteiger partial charge in [0.1, 0.15) is 0 Å². The number of benzene rings is 1. The van der Waals surface area contributed by atoms with Crippen LogP contribution in [0.5, 0.6) is 0 Å². The van der Waals surface area contributed by atoms with Crippen molar-refractivity contribution in [3.05, 3.63) is 53.9 Å². The quantitative estimate of drug-likeness (QED) is 0.888. The van der Waals surface area contributed by atoms with Crippen LogP contribution in [0.4, 0.5) is 0 Å². The monoisotopic (exact) mass is 258 g/mol. The first kappa shape index (κ1) is 13.8. The maximum atomic E-state index is 6.44. The van der Waals surface area contributed by atoms with Gasteiger partial charge in [0.2, 0.25) is 0 Å². The highest BCUT2D eigenvalue weighted by atomic mass is 15.2. The van der Waals surface area contributed by atoms with Gasteiger partial charge in [-0.1, -0.05) is 30.3 Å². The smallest absolute Gasteiger partial charge is 0.0534 e. The van der Waals surface area contributed by atoms with Gasteiger partial charge in [-0.2, -0.15) is 5.10 Å². The average Bonchev–Trinajstić information content (AvgIpc) is 2.75. The summed E-state index contributed by atoms with van der Waals surface area (Å²) in [5.41, 5.74) is 8.45. The van der Waals surface area contributed by atoms with Crippen molar-refractivity contribution in [2.45, 2.75) is 19.0 Å². The summed E-state index contributed by atoms with van der Waals surface area (Å²) in [6.45, 7) is 3.72. The Morgan fingerprint density at radius 1 is 1.32 bits per heavy atom. The summed E-state index contributed by atoms with van der Waals surface area (Å²) < 4.78 is 1.82. The van der Waals surface area contributed by atoms with Crippen molar-refractivity contribution in [3.8, 4) is 0 Å². The third-order valence-electron chi connectivity index (χ3n) is 3.24. The highest BCUT2D eigenvalue weighted by molar-refractivity contribution is 5.23. The normalized spacial score (nSPS) is 14.6. The van der Waals surface area contributed by atoms with Crippen LogP contribution < -0.4 is 5.73 Å². The standard InChI is InChI=1S/C15H22N4/c1-15(16,14-7-5-4-6-8-14)12-18(2)10-13-9-17-19(3)11-13/h4-9,11H,10,12,16H2,1-3H3. The molecule has 102 valence electrons. The SMILES string of the molecule is CN(Cc1cnn(C)c1)CC(C)(N)c1ccccc1. The van der Waals surface area contributed by atoms with Crippen LogP contribution in [0.15, 0.2) is 42.7 Å². The second kappa shape index (κ2) is 5.55. The summed E-state index contributed by atoms with van der Waals surface area (Å²) in [6, 6.07) is 10.2. The van der Waals surface area contributed by atoms with Crippen LogP contribution in [-0.4, -0.2) is 28.3 Å². The van der Waals surface area contributed by atoms with Crippen LogP contribution in [0.2, 0.25) is 0 Å². The Balaban J connectivity index is 2.00. The number of rotatable bonds is 5. The molecule has 0 bridgehead atoms. The molecule has 0 radical (unpaired) electrons. The van der Waals surface area contributed by atoms with Crippen LogP contribution >= 0.6 is 0 Å². The molecule has 19 heavy (non-hydrogen) atoms. The predicted molar refractivity (Wildman–Crippen MR) is 77.5 cm³/mol. The van der Waals surface area contributed by atoms with E-state index in [-0.39, 0.29) is 5.54 Å². The van der Waals surface area contributed by atoms with Gasteiger partial charge in [0, 0.05) is 31.9 Å². The Kier molecular flexibility index (Phi) is 4.02. The number of nitrogens with two attached hydrogens (primary N) is 1. The molecule has 0 amide bonds. The molecule has 1 aromatic carbocycles. The Labute approximate surface area is 114 Å². The Bertz CT molecular complexity index is 516. The van der Waals surface area contributed by atoms with Gasteiger partial charge in [-0.15, -0.1) is 0 Å². The summed E-state index contributed by atoms with van der Waals surface area (Å²) in [4.78, 5) is 2.23. The summed E-state index contributed by atoms with van der Waals surface area (Å²) in [6.07, 6.45) is 3.93. The molecule has 0 fully saturated rings. The maximum absolute atomic E-state index is 6.44. The van der Waals surface area contributed by atoms with Gasteiger partial charge in [-0.25, -0.2) is 0 Å². The van der Waals surface area contributed by atoms with Gasteiger partial charge in [-0.05, 0) is 19.5 Å². The maximum Gasteiger partial charge on any atom is 0.0534 e. The minimum absolute atomic E-state index is 0.349. The highest BCUT2D eigenvalue weighted by Gasteiger charge is 2.22. The molecule has 4 nitrogen and oxygen atoms in total. The average molecular weight is 258 g/mol. The molecule has 0 aliphatic heterocycles. The molecule has 0 saturated carbocycles. The van der Waals surface area contributed by atoms with Crippen LogP contribution in [0.1, 0.15) is 18.1 Å². The molecule has 1 heterocycles. The Morgan fingerprint density at radius 2 is 2.00 bits per heavy atom. The van der Waals surface area contributed by atoms with Gasteiger partial charge >= 0.3 is 0 Å². The summed E-state index contributed by atoms with van der Waals surface area (Å²) >= 11 is 0. The van der Waals surface area contributed by atoms with Crippen LogP contribution in [0.3, 0.4) is 0 Å². The van der Waals surface area contributed by atoms with E-state index >= 15 is 0 Å². The number of likely N-dealkylation sites (N-methyl/N-ethyl adjacent to an activating group) is 1. The third-order valence-corrected chi connectivity index (χ3v) is 3.24. The van der Waals surface area contributed by atoms with E-state index in [2.05, 4.69) is 36.1 Å². The van der Waals surface area contributed by atoms with Crippen LogP contribution in [-0.2, 0) is 19.1 Å². The van der Waals surface area contributed by atoms with Crippen molar-refractivity contribution in [2.24, 2.45) is 12.8 Å². The molecule has 1 unspecified atom stereocenters. The van der Waals surface area contributed by atoms with E-state index in [1.165, 1.54) is 5.56 Å². The van der Waals surface area contributed by atoms with Crippen molar-refractivity contribution in [1.82, 2.24) is 14.7 Å². The lowest BCUT2D eigenvalue weighted by atomic mass is 9.92. The summed E-state index contributed by atoms with van der Waals surface area (Å²) in [7, 11) is 4.02. The molecule has 0 saturated heterocycles. The first-order valence-electron chi connectivity index (χ1n) is 6.48. The number of hydrogen-bond acceptors (Lipinski definition) is 3. The molecule has 0 aliphatic rings. The van der Waals surface area contributed by atoms with Crippen molar-refractivity contribution < 1.29 is 0 Å². The first-order chi connectivity index (χ1) is 8.97. The number of aryl methyl sites for hydroxylation is 1. The van der Waals surface area contributed by atoms with E-state index in [9.17, 15) is 0 Å². The lowest BCUT2D eigenvalue weighted by Gasteiger charge is -2.30. The van der Waals surface area contributed by atoms with Gasteiger partial charge in [0.05, 0.1) is 11.7 Å². The predicted octanol–water partition coefficient (Wildman–Crippen LogP) is 1.73. The van der Waals surface area contributed by atoms with E-state index in [0.29, 0.717) is 0 Å². The number of aromatic nitrogens is 2. The van der Waals surface area contributed by atoms with Crippen molar-refractivity contribution in [3.63, 3.8) is 0 Å². The fourth-order valence-electron chi connectivity index (χ4n) is 2.39. The van der Waals surface area contributed by atoms with Crippen LogP contribution in [0, 0.1) is 0 Å². The Hall–Kier alpha value is -1.65. The summed E-state index contributed by atoms with van der Waals surface area (Å²) in [5.74, 6) is 0. The molecule has 2 aromatic rings. The summed E-state index contributed by atoms with van der Waals surface area (Å²) in [5, 5.41) is 4.18. The molecule has 2 rings (SSSR count). The zero-order chi connectivity index (χ0) is 13.9. The minimum Gasteiger partial charge on any atom is -0.321 e. The number of nitrogens with zero attached hydrogens (tertiary/aromatic N) is 3. The molecule has 0 spiro atoms. The lowest BCUT2D eigenvalue weighted by molar-refractivity contribution is 0.253. The van der Waals surface area contributed by atoms with E-state index in [4.69, 9.17) is 5.73 Å². The van der Waals surface area contributed by atoms with Crippen molar-refractivity contribution >= 4 is 0 Å².